The molecule has 0 unspecified atom stereocenters. The summed E-state index contributed by atoms with van der Waals surface area (Å²) in [5.41, 5.74) is 0. The van der Waals surface area contributed by atoms with Gasteiger partial charge >= 0.3 is 0 Å². The number of hydrogen-bond acceptors (Lipinski definition) is 2. The number of carbonyl (C=O) groups excluding carboxylic acids is 1. The van der Waals surface area contributed by atoms with E-state index in [0.717, 1.165) is 25.4 Å². The molecule has 1 aliphatic carbocycles. The predicted molar refractivity (Wildman–Crippen MR) is 42.1 cm³/mol. The zero-order valence-electron chi connectivity index (χ0n) is 6.60. The van der Waals surface area contributed by atoms with E-state index in [4.69, 9.17) is 0 Å². The molecule has 62 valence electrons. The highest BCUT2D eigenvalue weighted by Gasteiger charge is 2.27. The van der Waals surface area contributed by atoms with Crippen LogP contribution < -0.4 is 10.6 Å². The molecular weight excluding hydrogens is 140 g/mol. The summed E-state index contributed by atoms with van der Waals surface area (Å²) >= 11 is 0. The van der Waals surface area contributed by atoms with Crippen LogP contribution >= 0.6 is 0 Å². The molecule has 1 saturated carbocycles. The Morgan fingerprint density at radius 3 is 2.64 bits per heavy atom. The summed E-state index contributed by atoms with van der Waals surface area (Å²) in [6, 6.07) is 0.119. The fourth-order valence-corrected chi connectivity index (χ4v) is 1.20. The van der Waals surface area contributed by atoms with E-state index in [2.05, 4.69) is 10.6 Å². The molecular formula is C8H14N2O. The minimum absolute atomic E-state index is 0.119. The molecule has 2 aliphatic rings. The monoisotopic (exact) mass is 154 g/mol. The molecule has 0 spiro atoms. The van der Waals surface area contributed by atoms with Crippen LogP contribution in [-0.2, 0) is 4.79 Å². The number of carbonyl (C=O) groups is 1. The zero-order valence-corrected chi connectivity index (χ0v) is 6.60. The van der Waals surface area contributed by atoms with E-state index in [1.54, 1.807) is 0 Å². The Morgan fingerprint density at radius 1 is 1.45 bits per heavy atom. The molecule has 3 nitrogen and oxygen atoms in total. The predicted octanol–water partition coefficient (Wildman–Crippen LogP) is -0.126. The highest BCUT2D eigenvalue weighted by Crippen LogP contribution is 2.27. The minimum atomic E-state index is 0.119. The minimum Gasteiger partial charge on any atom is -0.354 e. The third kappa shape index (κ3) is 1.71. The Balaban J connectivity index is 1.63. The van der Waals surface area contributed by atoms with Gasteiger partial charge in [-0.3, -0.25) is 4.79 Å². The lowest BCUT2D eigenvalue weighted by Crippen LogP contribution is -2.53. The van der Waals surface area contributed by atoms with Crippen LogP contribution in [-0.4, -0.2) is 25.0 Å². The van der Waals surface area contributed by atoms with E-state index in [-0.39, 0.29) is 11.9 Å². The first-order valence-corrected chi connectivity index (χ1v) is 4.37. The molecule has 0 aromatic rings. The summed E-state index contributed by atoms with van der Waals surface area (Å²) in [5.74, 6) is 0.988. The summed E-state index contributed by atoms with van der Waals surface area (Å²) < 4.78 is 0. The van der Waals surface area contributed by atoms with Crippen LogP contribution in [0.15, 0.2) is 0 Å². The molecule has 2 N–H and O–H groups in total. The molecule has 11 heavy (non-hydrogen) atoms. The Hall–Kier alpha value is -0.570. The van der Waals surface area contributed by atoms with Gasteiger partial charge in [-0.2, -0.15) is 0 Å². The van der Waals surface area contributed by atoms with Crippen LogP contribution in [0.1, 0.15) is 19.3 Å². The number of hydrogen-bond donors (Lipinski definition) is 2. The first kappa shape index (κ1) is 7.10. The highest BCUT2D eigenvalue weighted by molar-refractivity contribution is 5.82. The van der Waals surface area contributed by atoms with Crippen molar-refractivity contribution in [2.24, 2.45) is 5.92 Å². The number of nitrogens with one attached hydrogen (secondary N) is 2. The molecule has 1 atom stereocenters. The molecule has 0 bridgehead atoms. The summed E-state index contributed by atoms with van der Waals surface area (Å²) in [5, 5.41) is 6.02. The normalized spacial score (nSPS) is 29.3. The molecule has 1 saturated heterocycles. The van der Waals surface area contributed by atoms with Gasteiger partial charge in [-0.25, -0.2) is 0 Å². The van der Waals surface area contributed by atoms with Crippen molar-refractivity contribution < 1.29 is 4.79 Å². The third-order valence-electron chi connectivity index (χ3n) is 2.40. The Morgan fingerprint density at radius 2 is 2.18 bits per heavy atom. The SMILES string of the molecule is O=C(NCC1CC1)[C@H]1CCN1. The maximum atomic E-state index is 11.2. The first-order chi connectivity index (χ1) is 5.36. The lowest BCUT2D eigenvalue weighted by Gasteiger charge is -2.26. The summed E-state index contributed by atoms with van der Waals surface area (Å²) in [7, 11) is 0. The van der Waals surface area contributed by atoms with Gasteiger partial charge in [0.05, 0.1) is 6.04 Å². The van der Waals surface area contributed by atoms with E-state index in [1.807, 2.05) is 0 Å². The van der Waals surface area contributed by atoms with Crippen LogP contribution in [0.25, 0.3) is 0 Å². The van der Waals surface area contributed by atoms with Gasteiger partial charge < -0.3 is 10.6 Å². The van der Waals surface area contributed by atoms with Crippen molar-refractivity contribution in [2.75, 3.05) is 13.1 Å². The highest BCUT2D eigenvalue weighted by atomic mass is 16.2. The number of amides is 1. The van der Waals surface area contributed by atoms with Gasteiger partial charge in [-0.15, -0.1) is 0 Å². The quantitative estimate of drug-likeness (QED) is 0.594. The molecule has 3 heteroatoms. The zero-order chi connectivity index (χ0) is 7.68. The Bertz CT molecular complexity index is 161. The van der Waals surface area contributed by atoms with Crippen molar-refractivity contribution in [1.82, 2.24) is 10.6 Å². The second kappa shape index (κ2) is 2.81. The second-order valence-corrected chi connectivity index (χ2v) is 3.48. The average molecular weight is 154 g/mol. The molecule has 1 amide bonds. The largest absolute Gasteiger partial charge is 0.354 e. The smallest absolute Gasteiger partial charge is 0.237 e. The fraction of sp³-hybridized carbons (Fsp3) is 0.875. The van der Waals surface area contributed by atoms with E-state index in [1.165, 1.54) is 12.8 Å². The van der Waals surface area contributed by atoms with Crippen molar-refractivity contribution in [3.05, 3.63) is 0 Å². The van der Waals surface area contributed by atoms with E-state index >= 15 is 0 Å². The third-order valence-corrected chi connectivity index (χ3v) is 2.40. The van der Waals surface area contributed by atoms with Crippen LogP contribution in [0.2, 0.25) is 0 Å². The first-order valence-electron chi connectivity index (χ1n) is 4.37. The molecule has 0 radical (unpaired) electrons. The van der Waals surface area contributed by atoms with E-state index in [9.17, 15) is 4.79 Å². The molecule has 0 aromatic heterocycles. The lowest BCUT2D eigenvalue weighted by molar-refractivity contribution is -0.124. The van der Waals surface area contributed by atoms with Crippen molar-refractivity contribution in [1.29, 1.82) is 0 Å². The van der Waals surface area contributed by atoms with Crippen molar-refractivity contribution >= 4 is 5.91 Å². The molecule has 2 fully saturated rings. The standard InChI is InChI=1S/C8H14N2O/c11-8(7-3-4-9-7)10-5-6-1-2-6/h6-7,9H,1-5H2,(H,10,11)/t7-/m1/s1. The van der Waals surface area contributed by atoms with Gasteiger partial charge in [-0.05, 0) is 31.7 Å². The molecule has 1 aliphatic heterocycles. The lowest BCUT2D eigenvalue weighted by atomic mass is 10.1. The molecule has 2 rings (SSSR count). The summed E-state index contributed by atoms with van der Waals surface area (Å²) in [4.78, 5) is 11.2. The summed E-state index contributed by atoms with van der Waals surface area (Å²) in [6.07, 6.45) is 3.62. The van der Waals surface area contributed by atoms with Gasteiger partial charge in [-0.1, -0.05) is 0 Å². The van der Waals surface area contributed by atoms with Crippen molar-refractivity contribution in [3.63, 3.8) is 0 Å². The van der Waals surface area contributed by atoms with E-state index < -0.39 is 0 Å². The Kier molecular flexibility index (Phi) is 1.82. The second-order valence-electron chi connectivity index (χ2n) is 3.48. The van der Waals surface area contributed by atoms with Crippen molar-refractivity contribution in [2.45, 2.75) is 25.3 Å². The van der Waals surface area contributed by atoms with Gasteiger partial charge in [0.15, 0.2) is 0 Å². The van der Waals surface area contributed by atoms with Crippen molar-refractivity contribution in [3.8, 4) is 0 Å². The fourth-order valence-electron chi connectivity index (χ4n) is 1.20. The van der Waals surface area contributed by atoms with Crippen LogP contribution in [0, 0.1) is 5.92 Å². The van der Waals surface area contributed by atoms with E-state index in [0.29, 0.717) is 0 Å². The van der Waals surface area contributed by atoms with Gasteiger partial charge in [0.25, 0.3) is 0 Å². The molecule has 0 aromatic carbocycles. The average Bonchev–Trinajstić information content (AvgIpc) is 2.61. The van der Waals surface area contributed by atoms with Crippen LogP contribution in [0.4, 0.5) is 0 Å². The maximum Gasteiger partial charge on any atom is 0.237 e. The van der Waals surface area contributed by atoms with Crippen LogP contribution in [0.5, 0.6) is 0 Å². The Labute approximate surface area is 66.5 Å². The van der Waals surface area contributed by atoms with Gasteiger partial charge in [0.2, 0.25) is 5.91 Å². The van der Waals surface area contributed by atoms with Gasteiger partial charge in [0, 0.05) is 6.54 Å². The molecule has 1 heterocycles. The number of rotatable bonds is 3. The summed E-state index contributed by atoms with van der Waals surface area (Å²) in [6.45, 7) is 1.90. The van der Waals surface area contributed by atoms with Crippen LogP contribution in [0.3, 0.4) is 0 Å². The van der Waals surface area contributed by atoms with Gasteiger partial charge in [0.1, 0.15) is 0 Å². The topological polar surface area (TPSA) is 41.1 Å². The maximum absolute atomic E-state index is 11.2.